The van der Waals surface area contributed by atoms with Crippen LogP contribution in [0.15, 0.2) is 59.9 Å². The molecule has 0 fully saturated rings. The Labute approximate surface area is 130 Å². The number of hydrogen-bond acceptors (Lipinski definition) is 5. The molecule has 3 rings (SSSR count). The summed E-state index contributed by atoms with van der Waals surface area (Å²) in [5.74, 6) is -1.21. The van der Waals surface area contributed by atoms with Crippen LogP contribution in [0.4, 0.5) is 0 Å². The van der Waals surface area contributed by atoms with Crippen molar-refractivity contribution in [3.8, 4) is 0 Å². The maximum Gasteiger partial charge on any atom is 0.265 e. The average molecular weight is 312 g/mol. The van der Waals surface area contributed by atoms with Crippen LogP contribution >= 0.6 is 11.9 Å². The quantitative estimate of drug-likeness (QED) is 0.557. The van der Waals surface area contributed by atoms with Gasteiger partial charge in [-0.05, 0) is 36.2 Å². The molecule has 0 saturated heterocycles. The third-order valence-electron chi connectivity index (χ3n) is 2.97. The Kier molecular flexibility index (Phi) is 4.15. The van der Waals surface area contributed by atoms with Crippen molar-refractivity contribution in [3.63, 3.8) is 0 Å². The molecule has 2 heterocycles. The molecule has 0 atom stereocenters. The molecule has 1 aromatic carbocycles. The molecule has 3 aromatic rings. The van der Waals surface area contributed by atoms with E-state index >= 15 is 0 Å². The fraction of sp³-hybridized carbons (Fsp3) is 0.0667. The number of carbonyl (C=O) groups is 2. The lowest BCUT2D eigenvalue weighted by Crippen LogP contribution is -2.19. The monoisotopic (exact) mass is 312 g/mol. The second-order valence-corrected chi connectivity index (χ2v) is 5.54. The van der Waals surface area contributed by atoms with Crippen molar-refractivity contribution in [2.45, 2.75) is 11.3 Å². The molecule has 0 aliphatic rings. The summed E-state index contributed by atoms with van der Waals surface area (Å²) in [4.78, 5) is 28.7. The van der Waals surface area contributed by atoms with Gasteiger partial charge in [0, 0.05) is 16.8 Å². The average Bonchev–Trinajstić information content (AvgIpc) is 3.20. The van der Waals surface area contributed by atoms with Crippen molar-refractivity contribution in [2.24, 2.45) is 0 Å². The summed E-state index contributed by atoms with van der Waals surface area (Å²) < 4.78 is 1.88. The van der Waals surface area contributed by atoms with Gasteiger partial charge in [0.1, 0.15) is 6.33 Å². The standard InChI is InChI=1S/C15H12N4O2S/c20-13(14(21)15-16-10-17-18-15)9-11-5-4-8-19(11)22-12-6-2-1-3-7-12/h1-8,10H,9H2,(H,16,17,18). The first-order chi connectivity index (χ1) is 10.7. The Morgan fingerprint density at radius 3 is 2.68 bits per heavy atom. The highest BCUT2D eigenvalue weighted by atomic mass is 32.2. The number of ketones is 2. The predicted octanol–water partition coefficient (Wildman–Crippen LogP) is 2.16. The van der Waals surface area contributed by atoms with E-state index in [2.05, 4.69) is 15.2 Å². The van der Waals surface area contributed by atoms with E-state index in [4.69, 9.17) is 0 Å². The summed E-state index contributed by atoms with van der Waals surface area (Å²) in [5, 5.41) is 5.99. The van der Waals surface area contributed by atoms with E-state index in [1.165, 1.54) is 18.3 Å². The number of aromatic nitrogens is 4. The summed E-state index contributed by atoms with van der Waals surface area (Å²) in [7, 11) is 0. The molecule has 0 saturated carbocycles. The lowest BCUT2D eigenvalue weighted by atomic mass is 10.1. The van der Waals surface area contributed by atoms with Gasteiger partial charge in [-0.15, -0.1) is 0 Å². The molecule has 0 aliphatic carbocycles. The van der Waals surface area contributed by atoms with Gasteiger partial charge in [0.2, 0.25) is 5.78 Å². The van der Waals surface area contributed by atoms with Gasteiger partial charge in [-0.2, -0.15) is 5.10 Å². The van der Waals surface area contributed by atoms with Gasteiger partial charge < -0.3 is 0 Å². The molecule has 1 N–H and O–H groups in total. The first-order valence-corrected chi connectivity index (χ1v) is 7.34. The fourth-order valence-electron chi connectivity index (χ4n) is 1.91. The Balaban J connectivity index is 1.72. The molecular weight excluding hydrogens is 300 g/mol. The molecule has 0 amide bonds. The van der Waals surface area contributed by atoms with Crippen molar-refractivity contribution in [1.82, 2.24) is 19.2 Å². The molecular formula is C15H12N4O2S. The second-order valence-electron chi connectivity index (χ2n) is 4.49. The number of hydrogen-bond donors (Lipinski definition) is 1. The van der Waals surface area contributed by atoms with Crippen molar-refractivity contribution in [2.75, 3.05) is 0 Å². The molecule has 0 bridgehead atoms. The number of benzene rings is 1. The molecule has 0 aliphatic heterocycles. The number of nitrogens with one attached hydrogen (secondary N) is 1. The minimum Gasteiger partial charge on any atom is -0.291 e. The summed E-state index contributed by atoms with van der Waals surface area (Å²) in [6.45, 7) is 0. The van der Waals surface area contributed by atoms with Crippen LogP contribution in [0.2, 0.25) is 0 Å². The van der Waals surface area contributed by atoms with E-state index in [1.54, 1.807) is 0 Å². The van der Waals surface area contributed by atoms with Gasteiger partial charge in [-0.25, -0.2) is 4.98 Å². The molecule has 0 unspecified atom stereocenters. The minimum absolute atomic E-state index is 0.0202. The highest BCUT2D eigenvalue weighted by Gasteiger charge is 2.20. The van der Waals surface area contributed by atoms with E-state index in [0.29, 0.717) is 0 Å². The van der Waals surface area contributed by atoms with E-state index in [1.807, 2.05) is 52.6 Å². The Morgan fingerprint density at radius 1 is 1.14 bits per heavy atom. The van der Waals surface area contributed by atoms with Crippen LogP contribution in [0, 0.1) is 0 Å². The van der Waals surface area contributed by atoms with E-state index in [0.717, 1.165) is 10.6 Å². The number of H-pyrrole nitrogens is 1. The van der Waals surface area contributed by atoms with Crippen molar-refractivity contribution in [3.05, 3.63) is 66.5 Å². The molecule has 22 heavy (non-hydrogen) atoms. The van der Waals surface area contributed by atoms with Gasteiger partial charge in [0.15, 0.2) is 5.82 Å². The maximum atomic E-state index is 12.1. The van der Waals surface area contributed by atoms with Crippen LogP contribution in [0.5, 0.6) is 0 Å². The molecule has 2 aromatic heterocycles. The van der Waals surface area contributed by atoms with Gasteiger partial charge >= 0.3 is 0 Å². The highest BCUT2D eigenvalue weighted by molar-refractivity contribution is 7.97. The lowest BCUT2D eigenvalue weighted by Gasteiger charge is -2.07. The van der Waals surface area contributed by atoms with E-state index in [-0.39, 0.29) is 12.2 Å². The van der Waals surface area contributed by atoms with Crippen LogP contribution in [0.25, 0.3) is 0 Å². The Bertz CT molecular complexity index is 781. The van der Waals surface area contributed by atoms with E-state index in [9.17, 15) is 9.59 Å². The topological polar surface area (TPSA) is 80.6 Å². The van der Waals surface area contributed by atoms with Crippen LogP contribution in [-0.4, -0.2) is 30.7 Å². The van der Waals surface area contributed by atoms with Gasteiger partial charge in [-0.3, -0.25) is 18.7 Å². The number of nitrogens with zero attached hydrogens (tertiary/aromatic N) is 3. The summed E-state index contributed by atoms with van der Waals surface area (Å²) in [6, 6.07) is 13.5. The fourth-order valence-corrected chi connectivity index (χ4v) is 2.79. The van der Waals surface area contributed by atoms with Gasteiger partial charge in [-0.1, -0.05) is 18.2 Å². The van der Waals surface area contributed by atoms with E-state index < -0.39 is 11.6 Å². The molecule has 110 valence electrons. The normalized spacial score (nSPS) is 10.5. The summed E-state index contributed by atoms with van der Waals surface area (Å²) >= 11 is 1.49. The maximum absolute atomic E-state index is 12.1. The Morgan fingerprint density at radius 2 is 1.95 bits per heavy atom. The zero-order chi connectivity index (χ0) is 15.4. The number of rotatable bonds is 6. The molecule has 0 radical (unpaired) electrons. The first-order valence-electron chi connectivity index (χ1n) is 6.56. The van der Waals surface area contributed by atoms with Crippen LogP contribution < -0.4 is 0 Å². The van der Waals surface area contributed by atoms with Crippen LogP contribution in [0.3, 0.4) is 0 Å². The van der Waals surface area contributed by atoms with Crippen molar-refractivity contribution >= 4 is 23.5 Å². The second kappa shape index (κ2) is 6.40. The highest BCUT2D eigenvalue weighted by Crippen LogP contribution is 2.22. The SMILES string of the molecule is O=C(Cc1cccn1Sc1ccccc1)C(=O)c1ncn[nH]1. The minimum atomic E-state index is -0.657. The summed E-state index contributed by atoms with van der Waals surface area (Å²) in [5.41, 5.74) is 0.756. The zero-order valence-electron chi connectivity index (χ0n) is 11.5. The molecule has 7 heteroatoms. The van der Waals surface area contributed by atoms with Crippen LogP contribution in [-0.2, 0) is 11.2 Å². The number of carbonyl (C=O) groups excluding carboxylic acids is 2. The third kappa shape index (κ3) is 3.15. The summed E-state index contributed by atoms with van der Waals surface area (Å²) in [6.07, 6.45) is 3.08. The number of Topliss-reactive ketones (excluding diaryl/α,β-unsaturated/α-hetero) is 2. The third-order valence-corrected chi connectivity index (χ3v) is 4.00. The largest absolute Gasteiger partial charge is 0.291 e. The molecule has 6 nitrogen and oxygen atoms in total. The number of aromatic amines is 1. The van der Waals surface area contributed by atoms with Crippen molar-refractivity contribution in [1.29, 1.82) is 0 Å². The van der Waals surface area contributed by atoms with Crippen LogP contribution in [0.1, 0.15) is 16.3 Å². The van der Waals surface area contributed by atoms with Crippen molar-refractivity contribution < 1.29 is 9.59 Å². The smallest absolute Gasteiger partial charge is 0.265 e. The Hall–Kier alpha value is -2.67. The van der Waals surface area contributed by atoms with Gasteiger partial charge in [0.05, 0.1) is 6.42 Å². The predicted molar refractivity (Wildman–Crippen MR) is 81.6 cm³/mol. The molecule has 0 spiro atoms. The first kappa shape index (κ1) is 14.3. The lowest BCUT2D eigenvalue weighted by molar-refractivity contribution is -0.114. The van der Waals surface area contributed by atoms with Gasteiger partial charge in [0.25, 0.3) is 5.78 Å². The zero-order valence-corrected chi connectivity index (χ0v) is 12.3.